The summed E-state index contributed by atoms with van der Waals surface area (Å²) in [5, 5.41) is 3.56. The van der Waals surface area contributed by atoms with Gasteiger partial charge in [0, 0.05) is 0 Å². The average Bonchev–Trinajstić information content (AvgIpc) is 2.70. The van der Waals surface area contributed by atoms with Crippen LogP contribution in [0.4, 0.5) is 0 Å². The minimum absolute atomic E-state index is 0.635. The van der Waals surface area contributed by atoms with Gasteiger partial charge < -0.3 is 0 Å². The Hall–Kier alpha value is -1.66. The molecular weight excluding hydrogens is 347 g/mol. The van der Waals surface area contributed by atoms with Gasteiger partial charge in [-0.05, 0) is 0 Å². The molecular formula is C22H24ClOP. The van der Waals surface area contributed by atoms with Crippen molar-refractivity contribution in [3.63, 3.8) is 0 Å². The van der Waals surface area contributed by atoms with Crippen molar-refractivity contribution in [1.29, 1.82) is 0 Å². The second-order valence-corrected chi connectivity index (χ2v) is 12.7. The predicted octanol–water partition coefficient (Wildman–Crippen LogP) is 4.71. The third kappa shape index (κ3) is 3.25. The van der Waals surface area contributed by atoms with E-state index >= 15 is 0 Å². The van der Waals surface area contributed by atoms with Gasteiger partial charge in [0.05, 0.1) is 0 Å². The molecule has 25 heavy (non-hydrogen) atoms. The molecule has 3 aromatic carbocycles. The Labute approximate surface area is 155 Å². The van der Waals surface area contributed by atoms with Gasteiger partial charge in [-0.15, -0.1) is 0 Å². The van der Waals surface area contributed by atoms with E-state index < -0.39 is 5.96 Å². The van der Waals surface area contributed by atoms with E-state index in [1.54, 1.807) is 0 Å². The molecule has 0 aromatic heterocycles. The Bertz CT molecular complexity index is 691. The van der Waals surface area contributed by atoms with Crippen molar-refractivity contribution in [3.8, 4) is 0 Å². The van der Waals surface area contributed by atoms with E-state index in [0.29, 0.717) is 13.2 Å². The first-order chi connectivity index (χ1) is 12.2. The van der Waals surface area contributed by atoms with Crippen molar-refractivity contribution in [2.75, 3.05) is 19.4 Å². The van der Waals surface area contributed by atoms with Crippen LogP contribution >= 0.6 is 17.2 Å². The number of hydrogen-bond donors (Lipinski definition) is 0. The summed E-state index contributed by atoms with van der Waals surface area (Å²) in [5.41, 5.74) is 0. The van der Waals surface area contributed by atoms with E-state index in [0.717, 1.165) is 6.16 Å². The summed E-state index contributed by atoms with van der Waals surface area (Å²) in [6.07, 6.45) is 0.777. The molecule has 0 aliphatic heterocycles. The van der Waals surface area contributed by atoms with Gasteiger partial charge in [-0.2, -0.15) is 0 Å². The molecule has 0 amide bonds. The van der Waals surface area contributed by atoms with Crippen molar-refractivity contribution in [3.05, 3.63) is 91.0 Å². The fourth-order valence-electron chi connectivity index (χ4n) is 3.43. The van der Waals surface area contributed by atoms with Crippen LogP contribution in [0.25, 0.3) is 0 Å². The van der Waals surface area contributed by atoms with Crippen LogP contribution in [-0.2, 0) is 4.74 Å². The summed E-state index contributed by atoms with van der Waals surface area (Å²) in [5.74, 6) is -3.12. The third-order valence-electron chi connectivity index (χ3n) is 4.74. The molecule has 0 unspecified atom stereocenters. The van der Waals surface area contributed by atoms with Crippen LogP contribution in [0.2, 0.25) is 0 Å². The standard InChI is InChI=1S/C22H24ClOP/c1-2-24-18-19-25(23,20-12-6-3-7-13-20,21-14-8-4-9-15-21)22-16-10-5-11-17-22/h3-17H,2,18-19H2,1H3. The molecule has 3 aromatic rings. The number of benzene rings is 3. The predicted molar refractivity (Wildman–Crippen MR) is 112 cm³/mol. The Morgan fingerprint density at radius 3 is 1.36 bits per heavy atom. The molecule has 3 rings (SSSR count). The molecule has 0 aliphatic carbocycles. The van der Waals surface area contributed by atoms with Crippen molar-refractivity contribution in [2.24, 2.45) is 0 Å². The molecule has 0 radical (unpaired) electrons. The zero-order valence-corrected chi connectivity index (χ0v) is 16.2. The zero-order chi connectivity index (χ0) is 17.6. The number of hydrogen-bond acceptors (Lipinski definition) is 1. The van der Waals surface area contributed by atoms with Gasteiger partial charge >= 0.3 is 155 Å². The van der Waals surface area contributed by atoms with Crippen molar-refractivity contribution < 1.29 is 4.74 Å². The number of rotatable bonds is 7. The van der Waals surface area contributed by atoms with Crippen molar-refractivity contribution in [2.45, 2.75) is 6.92 Å². The van der Waals surface area contributed by atoms with Gasteiger partial charge in [-0.3, -0.25) is 0 Å². The first-order valence-corrected chi connectivity index (χ1v) is 12.0. The Morgan fingerprint density at radius 1 is 0.680 bits per heavy atom. The normalized spacial score (nSPS) is 13.1. The topological polar surface area (TPSA) is 9.23 Å². The van der Waals surface area contributed by atoms with Gasteiger partial charge in [0.25, 0.3) is 0 Å². The molecule has 3 heteroatoms. The van der Waals surface area contributed by atoms with E-state index in [-0.39, 0.29) is 0 Å². The molecule has 1 nitrogen and oxygen atoms in total. The third-order valence-corrected chi connectivity index (χ3v) is 12.2. The fraction of sp³-hybridized carbons (Fsp3) is 0.182. The summed E-state index contributed by atoms with van der Waals surface area (Å²) < 4.78 is 5.77. The molecule has 0 bridgehead atoms. The van der Waals surface area contributed by atoms with Crippen LogP contribution in [0.3, 0.4) is 0 Å². The average molecular weight is 371 g/mol. The van der Waals surface area contributed by atoms with E-state index in [2.05, 4.69) is 72.8 Å². The molecule has 0 saturated carbocycles. The molecule has 0 spiro atoms. The fourth-order valence-corrected chi connectivity index (χ4v) is 9.17. The van der Waals surface area contributed by atoms with Crippen LogP contribution in [0.15, 0.2) is 91.0 Å². The van der Waals surface area contributed by atoms with Crippen molar-refractivity contribution >= 4 is 33.1 Å². The molecule has 0 aliphatic rings. The van der Waals surface area contributed by atoms with Gasteiger partial charge in [0.2, 0.25) is 0 Å². The summed E-state index contributed by atoms with van der Waals surface area (Å²) in [4.78, 5) is 0. The maximum atomic E-state index is 7.86. The Morgan fingerprint density at radius 2 is 1.04 bits per heavy atom. The van der Waals surface area contributed by atoms with Crippen LogP contribution in [0.5, 0.6) is 0 Å². The summed E-state index contributed by atoms with van der Waals surface area (Å²) in [6.45, 7) is 3.36. The SMILES string of the molecule is CCOCCP(Cl)(c1ccccc1)(c1ccccc1)c1ccccc1. The molecule has 0 atom stereocenters. The molecule has 0 N–H and O–H groups in total. The molecule has 0 fully saturated rings. The first kappa shape index (κ1) is 18.1. The van der Waals surface area contributed by atoms with Gasteiger partial charge in [0.1, 0.15) is 0 Å². The monoisotopic (exact) mass is 370 g/mol. The Balaban J connectivity index is 2.32. The zero-order valence-electron chi connectivity index (χ0n) is 14.5. The quantitative estimate of drug-likeness (QED) is 0.432. The molecule has 130 valence electrons. The van der Waals surface area contributed by atoms with E-state index in [1.165, 1.54) is 15.9 Å². The van der Waals surface area contributed by atoms with Crippen molar-refractivity contribution in [1.82, 2.24) is 0 Å². The van der Waals surface area contributed by atoms with Gasteiger partial charge in [-0.25, -0.2) is 0 Å². The van der Waals surface area contributed by atoms with Crippen LogP contribution in [0, 0.1) is 0 Å². The summed E-state index contributed by atoms with van der Waals surface area (Å²) in [7, 11) is 0. The summed E-state index contributed by atoms with van der Waals surface area (Å²) >= 11 is 7.86. The van der Waals surface area contributed by atoms with Crippen LogP contribution in [-0.4, -0.2) is 19.4 Å². The van der Waals surface area contributed by atoms with Crippen LogP contribution < -0.4 is 15.9 Å². The van der Waals surface area contributed by atoms with E-state index in [9.17, 15) is 0 Å². The van der Waals surface area contributed by atoms with Gasteiger partial charge in [-0.1, -0.05) is 0 Å². The maximum absolute atomic E-state index is 7.86. The molecule has 0 saturated heterocycles. The molecule has 0 heterocycles. The second-order valence-electron chi connectivity index (χ2n) is 6.11. The van der Waals surface area contributed by atoms with Crippen LogP contribution in [0.1, 0.15) is 6.92 Å². The van der Waals surface area contributed by atoms with Gasteiger partial charge in [0.15, 0.2) is 0 Å². The summed E-state index contributed by atoms with van der Waals surface area (Å²) in [6, 6.07) is 31.6. The minimum atomic E-state index is -3.12. The van der Waals surface area contributed by atoms with E-state index in [1.807, 2.05) is 25.1 Å². The van der Waals surface area contributed by atoms with E-state index in [4.69, 9.17) is 16.0 Å². The number of halogens is 1. The second kappa shape index (κ2) is 7.70. The first-order valence-electron chi connectivity index (χ1n) is 8.67. The Kier molecular flexibility index (Phi) is 5.59. The number of ether oxygens (including phenoxy) is 1.